The van der Waals surface area contributed by atoms with E-state index < -0.39 is 11.7 Å². The molecule has 0 unspecified atom stereocenters. The molecule has 1 amide bonds. The van der Waals surface area contributed by atoms with Crippen molar-refractivity contribution in [3.8, 4) is 5.75 Å². The van der Waals surface area contributed by atoms with E-state index in [4.69, 9.17) is 9.26 Å². The van der Waals surface area contributed by atoms with Crippen LogP contribution in [0.25, 0.3) is 0 Å². The summed E-state index contributed by atoms with van der Waals surface area (Å²) < 4.78 is 10.2. The predicted octanol–water partition coefficient (Wildman–Crippen LogP) is 2.03. The van der Waals surface area contributed by atoms with Crippen LogP contribution in [0.1, 0.15) is 27.4 Å². The highest BCUT2D eigenvalue weighted by atomic mass is 16.5. The van der Waals surface area contributed by atoms with E-state index in [0.29, 0.717) is 22.8 Å². The largest absolute Gasteiger partial charge is 0.497 e. The van der Waals surface area contributed by atoms with Gasteiger partial charge in [0.05, 0.1) is 30.6 Å². The van der Waals surface area contributed by atoms with Crippen LogP contribution in [0.2, 0.25) is 0 Å². The molecule has 0 fully saturated rings. The third-order valence-corrected chi connectivity index (χ3v) is 3.68. The van der Waals surface area contributed by atoms with Crippen LogP contribution < -0.4 is 9.64 Å². The lowest BCUT2D eigenvalue weighted by atomic mass is 10.1. The van der Waals surface area contributed by atoms with E-state index in [-0.39, 0.29) is 6.54 Å². The Balaban J connectivity index is 2.02. The molecule has 21 heavy (non-hydrogen) atoms. The molecule has 0 saturated carbocycles. The smallest absolute Gasteiger partial charge is 0.299 e. The molecule has 0 aliphatic carbocycles. The molecule has 0 radical (unpaired) electrons. The lowest BCUT2D eigenvalue weighted by Crippen LogP contribution is -2.29. The van der Waals surface area contributed by atoms with Crippen LogP contribution in [-0.4, -0.2) is 24.0 Å². The van der Waals surface area contributed by atoms with E-state index in [1.54, 1.807) is 25.1 Å². The van der Waals surface area contributed by atoms with E-state index in [0.717, 1.165) is 11.3 Å². The fraction of sp³-hybridized carbons (Fsp3) is 0.267. The minimum Gasteiger partial charge on any atom is -0.497 e. The molecule has 2 heterocycles. The zero-order valence-electron chi connectivity index (χ0n) is 12.0. The lowest BCUT2D eigenvalue weighted by molar-refractivity contribution is -0.114. The predicted molar refractivity (Wildman–Crippen MR) is 74.5 cm³/mol. The van der Waals surface area contributed by atoms with Crippen molar-refractivity contribution in [1.29, 1.82) is 0 Å². The van der Waals surface area contributed by atoms with Gasteiger partial charge in [-0.05, 0) is 32.0 Å². The Hall–Kier alpha value is -2.63. The highest BCUT2D eigenvalue weighted by Crippen LogP contribution is 2.33. The standard InChI is InChI=1S/C15H14N2O4/c1-8-12(9(2)21-16-8)7-17-13-5-4-10(20-3)6-11(13)14(18)15(17)19/h4-6H,7H2,1-3H3. The Bertz CT molecular complexity index is 729. The van der Waals surface area contributed by atoms with Crippen molar-refractivity contribution < 1.29 is 18.8 Å². The number of rotatable bonds is 3. The molecule has 3 rings (SSSR count). The number of hydrogen-bond acceptors (Lipinski definition) is 5. The van der Waals surface area contributed by atoms with Crippen molar-refractivity contribution in [2.24, 2.45) is 0 Å². The number of nitrogens with zero attached hydrogens (tertiary/aromatic N) is 2. The lowest BCUT2D eigenvalue weighted by Gasteiger charge is -2.16. The zero-order valence-corrected chi connectivity index (χ0v) is 12.0. The summed E-state index contributed by atoms with van der Waals surface area (Å²) in [6.45, 7) is 3.86. The minimum atomic E-state index is -0.543. The van der Waals surface area contributed by atoms with Crippen LogP contribution in [0.3, 0.4) is 0 Å². The number of amides is 1. The van der Waals surface area contributed by atoms with Gasteiger partial charge in [0.2, 0.25) is 0 Å². The highest BCUT2D eigenvalue weighted by Gasteiger charge is 2.36. The first-order valence-electron chi connectivity index (χ1n) is 6.49. The van der Waals surface area contributed by atoms with E-state index in [9.17, 15) is 9.59 Å². The molecule has 0 bridgehead atoms. The zero-order chi connectivity index (χ0) is 15.1. The van der Waals surface area contributed by atoms with Gasteiger partial charge in [0.25, 0.3) is 11.7 Å². The first-order chi connectivity index (χ1) is 10.0. The second-order valence-electron chi connectivity index (χ2n) is 4.91. The minimum absolute atomic E-state index is 0.269. The van der Waals surface area contributed by atoms with E-state index >= 15 is 0 Å². The van der Waals surface area contributed by atoms with Crippen LogP contribution in [0, 0.1) is 13.8 Å². The number of anilines is 1. The monoisotopic (exact) mass is 286 g/mol. The Morgan fingerprint density at radius 2 is 2.05 bits per heavy atom. The second-order valence-corrected chi connectivity index (χ2v) is 4.91. The van der Waals surface area contributed by atoms with Crippen LogP contribution in [-0.2, 0) is 11.3 Å². The molecule has 6 nitrogen and oxygen atoms in total. The summed E-state index contributed by atoms with van der Waals surface area (Å²) in [5.41, 5.74) is 2.49. The Morgan fingerprint density at radius 1 is 1.29 bits per heavy atom. The van der Waals surface area contributed by atoms with Crippen molar-refractivity contribution >= 4 is 17.4 Å². The number of ketones is 1. The van der Waals surface area contributed by atoms with Gasteiger partial charge >= 0.3 is 0 Å². The summed E-state index contributed by atoms with van der Waals surface area (Å²) in [6.07, 6.45) is 0. The molecule has 2 aromatic rings. The van der Waals surface area contributed by atoms with E-state index in [1.165, 1.54) is 12.0 Å². The van der Waals surface area contributed by atoms with Gasteiger partial charge in [0.15, 0.2) is 0 Å². The normalized spacial score (nSPS) is 13.8. The molecule has 0 N–H and O–H groups in total. The fourth-order valence-electron chi connectivity index (χ4n) is 2.45. The first kappa shape index (κ1) is 13.4. The van der Waals surface area contributed by atoms with Gasteiger partial charge in [-0.15, -0.1) is 0 Å². The molecular formula is C15H14N2O4. The summed E-state index contributed by atoms with van der Waals surface area (Å²) in [7, 11) is 1.52. The topological polar surface area (TPSA) is 72.6 Å². The van der Waals surface area contributed by atoms with Gasteiger partial charge in [-0.1, -0.05) is 5.16 Å². The Labute approximate surface area is 121 Å². The van der Waals surface area contributed by atoms with Crippen LogP contribution in [0.15, 0.2) is 22.7 Å². The van der Waals surface area contributed by atoms with Crippen molar-refractivity contribution in [2.45, 2.75) is 20.4 Å². The van der Waals surface area contributed by atoms with Gasteiger partial charge in [0.1, 0.15) is 11.5 Å². The number of aromatic nitrogens is 1. The summed E-state index contributed by atoms with van der Waals surface area (Å²) in [5, 5.41) is 3.87. The number of carbonyl (C=O) groups is 2. The third kappa shape index (κ3) is 1.99. The quantitative estimate of drug-likeness (QED) is 0.807. The van der Waals surface area contributed by atoms with Crippen LogP contribution in [0.5, 0.6) is 5.75 Å². The number of Topliss-reactive ketones (excluding diaryl/α,β-unsaturated/α-hetero) is 1. The Kier molecular flexibility index (Phi) is 3.01. The van der Waals surface area contributed by atoms with Crippen molar-refractivity contribution in [1.82, 2.24) is 5.16 Å². The molecule has 0 spiro atoms. The number of aryl methyl sites for hydroxylation is 2. The molecule has 108 valence electrons. The molecule has 1 aliphatic heterocycles. The number of benzene rings is 1. The maximum absolute atomic E-state index is 12.2. The van der Waals surface area contributed by atoms with Crippen molar-refractivity contribution in [3.05, 3.63) is 40.8 Å². The van der Waals surface area contributed by atoms with Gasteiger partial charge in [0, 0.05) is 5.56 Å². The Morgan fingerprint density at radius 3 is 2.67 bits per heavy atom. The number of ether oxygens (including phenoxy) is 1. The SMILES string of the molecule is COc1ccc2c(c1)C(=O)C(=O)N2Cc1c(C)noc1C. The van der Waals surface area contributed by atoms with Crippen molar-refractivity contribution in [3.63, 3.8) is 0 Å². The summed E-state index contributed by atoms with van der Waals surface area (Å²) in [6, 6.07) is 5.03. The first-order valence-corrected chi connectivity index (χ1v) is 6.49. The number of hydrogen-bond donors (Lipinski definition) is 0. The van der Waals surface area contributed by atoms with Gasteiger partial charge < -0.3 is 14.2 Å². The molecule has 0 atom stereocenters. The maximum atomic E-state index is 12.2. The van der Waals surface area contributed by atoms with Gasteiger partial charge in [-0.3, -0.25) is 9.59 Å². The molecule has 0 saturated heterocycles. The van der Waals surface area contributed by atoms with Gasteiger partial charge in [-0.2, -0.15) is 0 Å². The second kappa shape index (κ2) is 4.73. The molecule has 1 aromatic carbocycles. The maximum Gasteiger partial charge on any atom is 0.299 e. The third-order valence-electron chi connectivity index (χ3n) is 3.68. The molecular weight excluding hydrogens is 272 g/mol. The summed E-state index contributed by atoms with van der Waals surface area (Å²) >= 11 is 0. The summed E-state index contributed by atoms with van der Waals surface area (Å²) in [5.74, 6) is 0.137. The van der Waals surface area contributed by atoms with Crippen LogP contribution >= 0.6 is 0 Å². The number of carbonyl (C=O) groups excluding carboxylic acids is 2. The van der Waals surface area contributed by atoms with Crippen molar-refractivity contribution in [2.75, 3.05) is 12.0 Å². The average molecular weight is 286 g/mol. The number of methoxy groups -OCH3 is 1. The molecule has 1 aromatic heterocycles. The number of fused-ring (bicyclic) bond motifs is 1. The van der Waals surface area contributed by atoms with E-state index in [2.05, 4.69) is 5.16 Å². The van der Waals surface area contributed by atoms with Gasteiger partial charge in [-0.25, -0.2) is 0 Å². The molecule has 1 aliphatic rings. The van der Waals surface area contributed by atoms with Crippen LogP contribution in [0.4, 0.5) is 5.69 Å². The fourth-order valence-corrected chi connectivity index (χ4v) is 2.45. The molecule has 6 heteroatoms. The summed E-state index contributed by atoms with van der Waals surface area (Å²) in [4.78, 5) is 25.7. The average Bonchev–Trinajstić information content (AvgIpc) is 2.93. The highest BCUT2D eigenvalue weighted by molar-refractivity contribution is 6.52. The van der Waals surface area contributed by atoms with E-state index in [1.807, 2.05) is 6.92 Å².